The molecule has 0 aromatic carbocycles. The summed E-state index contributed by atoms with van der Waals surface area (Å²) in [6, 6.07) is 3.10. The van der Waals surface area contributed by atoms with E-state index in [4.69, 9.17) is 95.1 Å². The summed E-state index contributed by atoms with van der Waals surface area (Å²) in [4.78, 5) is 108. The van der Waals surface area contributed by atoms with Crippen LogP contribution in [0.2, 0.25) is 26.3 Å². The third-order valence-electron chi connectivity index (χ3n) is 17.4. The number of amides is 2. The molecule has 2 amide bonds. The van der Waals surface area contributed by atoms with Crippen molar-refractivity contribution in [1.82, 2.24) is 57.8 Å². The summed E-state index contributed by atoms with van der Waals surface area (Å²) in [7, 11) is 6.06. The van der Waals surface area contributed by atoms with Gasteiger partial charge in [0.1, 0.15) is 22.3 Å². The van der Waals surface area contributed by atoms with Crippen LogP contribution in [-0.4, -0.2) is 135 Å². The molecule has 6 aromatic rings. The van der Waals surface area contributed by atoms with Crippen LogP contribution in [0.3, 0.4) is 0 Å². The first-order valence-electron chi connectivity index (χ1n) is 37.5. The molecule has 1 saturated heterocycles. The zero-order valence-corrected chi connectivity index (χ0v) is 86.0. The largest absolute Gasteiger partial charge is 0.481 e. The van der Waals surface area contributed by atoms with Crippen molar-refractivity contribution in [2.24, 2.45) is 29.4 Å². The number of aliphatic carboxylic acids is 3. The summed E-state index contributed by atoms with van der Waals surface area (Å²) in [5.41, 5.74) is 8.75. The summed E-state index contributed by atoms with van der Waals surface area (Å²) in [6.45, 7) is 31.8. The molecule has 11 rings (SSSR count). The maximum absolute atomic E-state index is 12.7. The molecular formula is C83H107Br4Cl6N14O10P3Pd. The number of hydrogen-bond donors (Lipinski definition) is 5. The second kappa shape index (κ2) is 71.4. The number of carbonyl (C=O) groups excluding carboxylic acids is 2. The van der Waals surface area contributed by atoms with Crippen molar-refractivity contribution in [3.05, 3.63) is 115 Å². The van der Waals surface area contributed by atoms with Gasteiger partial charge in [0.25, 0.3) is 23.1 Å². The fourth-order valence-corrected chi connectivity index (χ4v) is 13.4. The van der Waals surface area contributed by atoms with Gasteiger partial charge in [0.15, 0.2) is 0 Å². The van der Waals surface area contributed by atoms with Gasteiger partial charge in [0.2, 0.25) is 32.9 Å². The Bertz CT molecular complexity index is 4800. The first-order chi connectivity index (χ1) is 56.3. The van der Waals surface area contributed by atoms with E-state index in [1.54, 1.807) is 56.9 Å². The molecule has 5 aliphatic rings. The number of fused-ring (bicyclic) bond motifs is 2. The minimum Gasteiger partial charge on any atom is -0.481 e. The number of nitrogens with one attached hydrogen (secondary N) is 1. The molecule has 38 heteroatoms. The summed E-state index contributed by atoms with van der Waals surface area (Å²) in [5, 5.41) is 29.0. The van der Waals surface area contributed by atoms with Gasteiger partial charge in [-0.1, -0.05) is 118 Å². The number of terminal acetylenes is 1. The molecule has 10 atom stereocenters. The molecule has 6 aromatic heterocycles. The van der Waals surface area contributed by atoms with Crippen LogP contribution in [0.5, 0.6) is 0 Å². The third-order valence-corrected chi connectivity index (χ3v) is 21.5. The molecule has 0 bridgehead atoms. The van der Waals surface area contributed by atoms with Crippen molar-refractivity contribution < 1.29 is 59.7 Å². The molecule has 1 aliphatic heterocycles. The smallest absolute Gasteiger partial charge is 0.327 e. The topological polar surface area (TPSA) is 338 Å². The summed E-state index contributed by atoms with van der Waals surface area (Å²) in [5.74, 6) is 32.9. The van der Waals surface area contributed by atoms with Gasteiger partial charge in [0, 0.05) is 119 Å². The summed E-state index contributed by atoms with van der Waals surface area (Å²) < 4.78 is 6.70. The van der Waals surface area contributed by atoms with E-state index in [0.717, 1.165) is 108 Å². The van der Waals surface area contributed by atoms with Gasteiger partial charge in [-0.25, -0.2) is 33.6 Å². The van der Waals surface area contributed by atoms with Crippen molar-refractivity contribution in [2.45, 2.75) is 218 Å². The van der Waals surface area contributed by atoms with Crippen LogP contribution in [0.15, 0.2) is 66.0 Å². The SMILES string of the molecule is C#CC#CC#CC#CC.C/C=C/C(=O)O.CC#CC#CC#CC.CC(=O)O.CC(=O)O.CCN(CC)CC.C[C@H]1CCC[C@H]1N.C[C@H]1CCC[C@H]1Nc1nc(Cl)ncc1Br.Cc1c(Br)c(=O)n([C@@H]2CCC[C@@H]2C)c2nc(Cl)ncc12.Cc1cc(=O)n([C@@H]2CCC[C@@H]2C)c2nc(Cl)ncc12.Cl.Clc1ncc(Br)c(Cl)n1.O=C1CCC(=O)N1Br.PPP.[Pd]. The van der Waals surface area contributed by atoms with E-state index in [-0.39, 0.29) is 89.0 Å². The number of pyridine rings is 2. The zero-order chi connectivity index (χ0) is 90.9. The number of aryl methyl sites for hydroxylation is 2. The predicted octanol–water partition coefficient (Wildman–Crippen LogP) is 20.1. The van der Waals surface area contributed by atoms with Gasteiger partial charge >= 0.3 is 5.97 Å². The Hall–Kier alpha value is -5.72. The van der Waals surface area contributed by atoms with E-state index in [1.807, 2.05) is 18.4 Å². The minimum atomic E-state index is -0.891. The Balaban J connectivity index is -0.000000635. The Labute approximate surface area is 798 Å². The van der Waals surface area contributed by atoms with Crippen LogP contribution < -0.4 is 22.2 Å². The number of nitrogens with zero attached hydrogens (tertiary/aromatic N) is 12. The molecule has 24 nitrogen and oxygen atoms in total. The van der Waals surface area contributed by atoms with E-state index in [0.29, 0.717) is 68.1 Å². The molecule has 121 heavy (non-hydrogen) atoms. The first-order valence-corrected chi connectivity index (χ1v) is 47.1. The maximum atomic E-state index is 12.7. The Morgan fingerprint density at radius 2 is 1.00 bits per heavy atom. The number of carboxylic acid groups (broad SMARTS) is 3. The van der Waals surface area contributed by atoms with E-state index in [1.165, 1.54) is 70.4 Å². The second-order valence-corrected chi connectivity index (χ2v) is 35.2. The number of allylic oxidation sites excluding steroid dienone is 1. The van der Waals surface area contributed by atoms with Gasteiger partial charge in [-0.3, -0.25) is 37.9 Å². The summed E-state index contributed by atoms with van der Waals surface area (Å²) in [6.07, 6.45) is 29.0. The average Bonchev–Trinajstić information content (AvgIpc) is 1.74. The second-order valence-electron chi connectivity index (χ2n) is 25.9. The maximum Gasteiger partial charge on any atom is 0.327 e. The number of nitrogens with two attached hydrogens (primary N) is 1. The van der Waals surface area contributed by atoms with Gasteiger partial charge in [-0.2, -0.15) is 15.0 Å². The number of halogens is 10. The van der Waals surface area contributed by atoms with Crippen LogP contribution in [0.1, 0.15) is 203 Å². The van der Waals surface area contributed by atoms with Gasteiger partial charge in [0.05, 0.1) is 29.6 Å². The standard InChI is InChI=1S/C14H15BrClN3O.C14H16ClN3O.C10H13BrClN3.C9H4.C8H6.C6H13N.C6H15N.C4HBrCl2N2.C4H4BrNO2.C4H6O2.2C2H4O2.ClH.H5P3.Pd/c1-7-4-3-5-10(7)19-12-9(6-17-14(16)18-12)8(2)11(15)13(19)20;1-8-4-3-5-11(8)18-12(19)6-9(2)10-7-16-14(15)17-13(10)18;1-6-3-2-4-8(6)14-9-7(11)5-13-10(12)15-9;1-3-5-7-9-8-6-4-2;1-3-5-7-8-6-4-2;1-5-3-2-4-6(5)7;1-4-7(5-2)6-3;5-2-1-8-4(7)9-3(2)6;5-6-3(7)1-2-4(6)8;1-2-3-4(5)6;2*1-2(3)4;;1-3-2;/h6-7,10H,3-5H2,1-2H3;6-8,11H,3-5H2,1-2H3;5-6,8H,2-4H2,1H3,(H,13,14,15);1H,2H3;1-2H3;5-6H,2-4,7H2,1H3;4-6H2,1-3H3;1H;1-2H2;2-3H,1H3,(H,5,6);2*1H3,(H,3,4);1H;3H,1-2H2;/b;;;;;;;;;3-2+;;;;;/t7-,10+;8-,11+;6-,8+;;;5-,6+;;;;;;;;;/m000..0........./s1. The molecule has 0 radical (unpaired) electrons. The molecule has 0 spiro atoms. The number of anilines is 1. The van der Waals surface area contributed by atoms with Gasteiger partial charge in [-0.15, -0.1) is 36.7 Å². The van der Waals surface area contributed by atoms with Gasteiger partial charge < -0.3 is 31.3 Å². The monoisotopic (exact) mass is 2180 g/mol. The van der Waals surface area contributed by atoms with E-state index in [2.05, 4.69) is 257 Å². The zero-order valence-electron chi connectivity index (χ0n) is 70.2. The minimum absolute atomic E-state index is 0. The third kappa shape index (κ3) is 51.5. The Morgan fingerprint density at radius 1 is 0.612 bits per heavy atom. The van der Waals surface area contributed by atoms with Crippen LogP contribution >= 0.6 is 160 Å². The van der Waals surface area contributed by atoms with Crippen LogP contribution in [0, 0.1) is 121 Å². The van der Waals surface area contributed by atoms with E-state index >= 15 is 0 Å². The Morgan fingerprint density at radius 3 is 1.34 bits per heavy atom. The number of rotatable bonds is 8. The molecular weight excluding hydrogens is 2080 g/mol. The first kappa shape index (κ1) is 122. The van der Waals surface area contributed by atoms with E-state index in [9.17, 15) is 24.0 Å². The van der Waals surface area contributed by atoms with Crippen molar-refractivity contribution >= 4 is 218 Å². The quantitative estimate of drug-likeness (QED) is 0.0138. The molecule has 4 saturated carbocycles. The normalized spacial score (nSPS) is 17.2. The van der Waals surface area contributed by atoms with Crippen LogP contribution in [0.4, 0.5) is 5.82 Å². The fraction of sp³-hybridized carbons (Fsp3) is 0.482. The fourth-order valence-electron chi connectivity index (χ4n) is 11.4. The molecule has 5 fully saturated rings. The molecule has 2 unspecified atom stereocenters. The summed E-state index contributed by atoms with van der Waals surface area (Å²) >= 11 is 41.2. The molecule has 4 aliphatic carbocycles. The van der Waals surface area contributed by atoms with Crippen molar-refractivity contribution in [2.75, 3.05) is 25.0 Å². The van der Waals surface area contributed by atoms with Crippen LogP contribution in [0.25, 0.3) is 22.1 Å². The average molecular weight is 2190 g/mol. The van der Waals surface area contributed by atoms with Crippen LogP contribution in [-0.2, 0) is 44.4 Å². The van der Waals surface area contributed by atoms with Gasteiger partial charge in [-0.05, 0) is 301 Å². The number of imide groups is 1. The number of aromatic nitrogens is 10. The predicted molar refractivity (Wildman–Crippen MR) is 515 cm³/mol. The Kier molecular flexibility index (Phi) is 71.8. The number of hydrogen-bond acceptors (Lipinski definition) is 18. The van der Waals surface area contributed by atoms with E-state index < -0.39 is 17.9 Å². The number of carboxylic acids is 3. The van der Waals surface area contributed by atoms with Crippen molar-refractivity contribution in [3.8, 4) is 83.4 Å². The van der Waals surface area contributed by atoms with Crippen molar-refractivity contribution in [1.29, 1.82) is 0 Å². The molecule has 664 valence electrons. The molecule has 7 heterocycles. The molecule has 6 N–H and O–H groups in total. The number of carbonyl (C=O) groups is 5. The van der Waals surface area contributed by atoms with Crippen molar-refractivity contribution in [3.63, 3.8) is 0 Å².